The third-order valence-corrected chi connectivity index (χ3v) is 7.15. The molecule has 1 unspecified atom stereocenters. The summed E-state index contributed by atoms with van der Waals surface area (Å²) in [6, 6.07) is 4.38. The molecule has 27 heavy (non-hydrogen) atoms. The Morgan fingerprint density at radius 1 is 1.48 bits per heavy atom. The summed E-state index contributed by atoms with van der Waals surface area (Å²) in [6.07, 6.45) is 4.08. The molecule has 1 aliphatic rings. The first kappa shape index (κ1) is 18.8. The smallest absolute Gasteiger partial charge is 0.357 e. The van der Waals surface area contributed by atoms with Crippen LogP contribution in [0.4, 0.5) is 0 Å². The molecule has 0 aromatic carbocycles. The van der Waals surface area contributed by atoms with Gasteiger partial charge in [0.1, 0.15) is 5.01 Å². The Morgan fingerprint density at radius 3 is 3.15 bits per heavy atom. The van der Waals surface area contributed by atoms with Gasteiger partial charge >= 0.3 is 5.97 Å². The number of thiophene rings is 1. The minimum atomic E-state index is -0.343. The van der Waals surface area contributed by atoms with E-state index < -0.39 is 0 Å². The fraction of sp³-hybridized carbons (Fsp3) is 0.389. The SMILES string of the molecule is CCOC(=O)c1csc(C2CCCN2Cc2cn[nH]c2-c2ccc(Br)s2)n1. The van der Waals surface area contributed by atoms with Crippen molar-refractivity contribution in [2.24, 2.45) is 0 Å². The Balaban J connectivity index is 1.52. The molecule has 1 aliphatic heterocycles. The molecule has 1 atom stereocenters. The Bertz CT molecular complexity index is 935. The maximum Gasteiger partial charge on any atom is 0.357 e. The average Bonchev–Trinajstić information content (AvgIpc) is 3.42. The minimum absolute atomic E-state index is 0.232. The van der Waals surface area contributed by atoms with E-state index in [4.69, 9.17) is 4.74 Å². The van der Waals surface area contributed by atoms with Gasteiger partial charge in [0.05, 0.1) is 33.2 Å². The molecule has 3 aromatic rings. The van der Waals surface area contributed by atoms with Crippen LogP contribution in [0.5, 0.6) is 0 Å². The molecule has 1 fully saturated rings. The normalized spacial score (nSPS) is 17.5. The summed E-state index contributed by atoms with van der Waals surface area (Å²) in [7, 11) is 0. The molecular formula is C18H19BrN4O2S2. The number of nitrogens with zero attached hydrogens (tertiary/aromatic N) is 3. The summed E-state index contributed by atoms with van der Waals surface area (Å²) >= 11 is 6.76. The number of carbonyl (C=O) groups excluding carboxylic acids is 1. The number of thiazole rings is 1. The molecule has 0 aliphatic carbocycles. The third kappa shape index (κ3) is 4.01. The van der Waals surface area contributed by atoms with Crippen LogP contribution in [0.2, 0.25) is 0 Å². The number of esters is 1. The largest absolute Gasteiger partial charge is 0.461 e. The molecule has 0 bridgehead atoms. The van der Waals surface area contributed by atoms with Crippen LogP contribution in [0.3, 0.4) is 0 Å². The highest BCUT2D eigenvalue weighted by Gasteiger charge is 2.30. The van der Waals surface area contributed by atoms with Crippen LogP contribution in [0.1, 0.15) is 46.9 Å². The molecule has 6 nitrogen and oxygen atoms in total. The second-order valence-corrected chi connectivity index (χ2v) is 9.65. The molecule has 4 heterocycles. The van der Waals surface area contributed by atoms with Gasteiger partial charge in [-0.2, -0.15) is 5.10 Å². The van der Waals surface area contributed by atoms with Crippen molar-refractivity contribution in [1.82, 2.24) is 20.1 Å². The van der Waals surface area contributed by atoms with Gasteiger partial charge in [0.25, 0.3) is 0 Å². The summed E-state index contributed by atoms with van der Waals surface area (Å²) in [5.41, 5.74) is 2.66. The number of H-pyrrole nitrogens is 1. The molecule has 0 saturated carbocycles. The van der Waals surface area contributed by atoms with Crippen molar-refractivity contribution in [3.05, 3.63) is 43.8 Å². The van der Waals surface area contributed by atoms with Gasteiger partial charge in [0.15, 0.2) is 5.69 Å². The second-order valence-electron chi connectivity index (χ2n) is 6.29. The summed E-state index contributed by atoms with van der Waals surface area (Å²) in [5.74, 6) is -0.343. The zero-order valence-electron chi connectivity index (χ0n) is 14.8. The van der Waals surface area contributed by atoms with Crippen LogP contribution in [0.25, 0.3) is 10.6 Å². The van der Waals surface area contributed by atoms with E-state index in [2.05, 4.69) is 48.1 Å². The highest BCUT2D eigenvalue weighted by Crippen LogP contribution is 2.37. The van der Waals surface area contributed by atoms with E-state index in [9.17, 15) is 4.79 Å². The lowest BCUT2D eigenvalue weighted by molar-refractivity contribution is 0.0520. The van der Waals surface area contributed by atoms with E-state index >= 15 is 0 Å². The Hall–Kier alpha value is -1.55. The maximum atomic E-state index is 11.9. The van der Waals surface area contributed by atoms with Crippen molar-refractivity contribution < 1.29 is 9.53 Å². The summed E-state index contributed by atoms with van der Waals surface area (Å²) in [4.78, 5) is 20.0. The van der Waals surface area contributed by atoms with Gasteiger partial charge in [0, 0.05) is 17.5 Å². The first-order chi connectivity index (χ1) is 13.2. The molecule has 3 aromatic heterocycles. The van der Waals surface area contributed by atoms with Gasteiger partial charge < -0.3 is 4.74 Å². The highest BCUT2D eigenvalue weighted by atomic mass is 79.9. The van der Waals surface area contributed by atoms with Crippen LogP contribution >= 0.6 is 38.6 Å². The predicted octanol–water partition coefficient (Wildman–Crippen LogP) is 4.87. The first-order valence-corrected chi connectivity index (χ1v) is 11.3. The van der Waals surface area contributed by atoms with Gasteiger partial charge in [-0.25, -0.2) is 9.78 Å². The van der Waals surface area contributed by atoms with E-state index in [1.165, 1.54) is 10.4 Å². The first-order valence-electron chi connectivity index (χ1n) is 8.80. The average molecular weight is 467 g/mol. The third-order valence-electron chi connectivity index (χ3n) is 4.57. The number of carbonyl (C=O) groups is 1. The lowest BCUT2D eigenvalue weighted by atomic mass is 10.2. The topological polar surface area (TPSA) is 71.1 Å². The summed E-state index contributed by atoms with van der Waals surface area (Å²) in [6.45, 7) is 3.99. The summed E-state index contributed by atoms with van der Waals surface area (Å²) in [5, 5.41) is 10.2. The Morgan fingerprint density at radius 2 is 2.37 bits per heavy atom. The van der Waals surface area contributed by atoms with Gasteiger partial charge in [-0.1, -0.05) is 0 Å². The molecule has 1 saturated heterocycles. The van der Waals surface area contributed by atoms with Gasteiger partial charge in [0.2, 0.25) is 0 Å². The number of hydrogen-bond donors (Lipinski definition) is 1. The zero-order valence-corrected chi connectivity index (χ0v) is 18.0. The number of aromatic nitrogens is 3. The van der Waals surface area contributed by atoms with Crippen molar-refractivity contribution in [2.75, 3.05) is 13.2 Å². The molecular weight excluding hydrogens is 448 g/mol. The van der Waals surface area contributed by atoms with Crippen LogP contribution in [0, 0.1) is 0 Å². The Labute approximate surface area is 173 Å². The number of nitrogens with one attached hydrogen (secondary N) is 1. The van der Waals surface area contributed by atoms with E-state index in [-0.39, 0.29) is 12.0 Å². The molecule has 1 N–H and O–H groups in total. The number of aromatic amines is 1. The molecule has 4 rings (SSSR count). The highest BCUT2D eigenvalue weighted by molar-refractivity contribution is 9.11. The van der Waals surface area contributed by atoms with Crippen molar-refractivity contribution >= 4 is 44.6 Å². The quantitative estimate of drug-likeness (QED) is 0.524. The number of hydrogen-bond acceptors (Lipinski definition) is 7. The fourth-order valence-electron chi connectivity index (χ4n) is 3.35. The predicted molar refractivity (Wildman–Crippen MR) is 110 cm³/mol. The van der Waals surface area contributed by atoms with Crippen LogP contribution in [0.15, 0.2) is 27.5 Å². The van der Waals surface area contributed by atoms with Crippen LogP contribution in [-0.4, -0.2) is 39.2 Å². The number of halogens is 1. The lowest BCUT2D eigenvalue weighted by Crippen LogP contribution is -2.23. The molecule has 0 amide bonds. The van der Waals surface area contributed by atoms with Crippen molar-refractivity contribution in [3.63, 3.8) is 0 Å². The number of likely N-dealkylation sites (tertiary alicyclic amines) is 1. The lowest BCUT2D eigenvalue weighted by Gasteiger charge is -2.22. The maximum absolute atomic E-state index is 11.9. The van der Waals surface area contributed by atoms with E-state index in [1.54, 1.807) is 35.0 Å². The molecule has 142 valence electrons. The van der Waals surface area contributed by atoms with Gasteiger partial charge in [-0.15, -0.1) is 22.7 Å². The van der Waals surface area contributed by atoms with E-state index in [0.717, 1.165) is 40.4 Å². The van der Waals surface area contributed by atoms with Crippen molar-refractivity contribution in [3.8, 4) is 10.6 Å². The summed E-state index contributed by atoms with van der Waals surface area (Å²) < 4.78 is 6.16. The molecule has 0 spiro atoms. The van der Waals surface area contributed by atoms with Crippen molar-refractivity contribution in [2.45, 2.75) is 32.4 Å². The van der Waals surface area contributed by atoms with Crippen LogP contribution < -0.4 is 0 Å². The number of rotatable bonds is 6. The second kappa shape index (κ2) is 8.22. The van der Waals surface area contributed by atoms with Gasteiger partial charge in [-0.05, 0) is 54.4 Å². The van der Waals surface area contributed by atoms with Gasteiger partial charge in [-0.3, -0.25) is 10.00 Å². The zero-order chi connectivity index (χ0) is 18.8. The fourth-order valence-corrected chi connectivity index (χ4v) is 5.72. The Kier molecular flexibility index (Phi) is 5.72. The standard InChI is InChI=1S/C18H19BrN4O2S2/c1-2-25-18(24)12-10-26-17(21-12)13-4-3-7-23(13)9-11-8-20-22-16(11)14-5-6-15(19)27-14/h5-6,8,10,13H,2-4,7,9H2,1H3,(H,20,22). The number of ether oxygens (including phenoxy) is 1. The van der Waals surface area contributed by atoms with E-state index in [0.29, 0.717) is 12.3 Å². The van der Waals surface area contributed by atoms with E-state index in [1.807, 2.05) is 6.20 Å². The molecule has 9 heteroatoms. The molecule has 0 radical (unpaired) electrons. The minimum Gasteiger partial charge on any atom is -0.461 e. The van der Waals surface area contributed by atoms with Crippen molar-refractivity contribution in [1.29, 1.82) is 0 Å². The van der Waals surface area contributed by atoms with Crippen LogP contribution in [-0.2, 0) is 11.3 Å². The monoisotopic (exact) mass is 466 g/mol.